The second-order valence-electron chi connectivity index (χ2n) is 7.82. The molecule has 5 nitrogen and oxygen atoms in total. The Morgan fingerprint density at radius 3 is 2.87 bits per heavy atom. The third-order valence-corrected chi connectivity index (χ3v) is 6.29. The van der Waals surface area contributed by atoms with E-state index >= 15 is 0 Å². The van der Waals surface area contributed by atoms with Crippen LogP contribution in [0.15, 0.2) is 71.3 Å². The van der Waals surface area contributed by atoms with Gasteiger partial charge in [0.15, 0.2) is 5.82 Å². The Labute approximate surface area is 183 Å². The van der Waals surface area contributed by atoms with Crippen LogP contribution in [-0.4, -0.2) is 28.4 Å². The molecule has 2 aromatic heterocycles. The molecule has 1 saturated heterocycles. The van der Waals surface area contributed by atoms with Gasteiger partial charge in [-0.15, -0.1) is 0 Å². The highest BCUT2D eigenvalue weighted by Crippen LogP contribution is 2.29. The number of rotatable bonds is 4. The molecule has 0 saturated carbocycles. The predicted molar refractivity (Wildman–Crippen MR) is 124 cm³/mol. The van der Waals surface area contributed by atoms with E-state index in [0.717, 1.165) is 51.8 Å². The largest absolute Gasteiger partial charge is 0.354 e. The minimum atomic E-state index is -0.0332. The number of benzene rings is 2. The smallest absolute Gasteiger partial charge is 0.225 e. The van der Waals surface area contributed by atoms with Crippen molar-refractivity contribution in [1.82, 2.24) is 14.7 Å². The molecule has 1 N–H and O–H groups in total. The Morgan fingerprint density at radius 1 is 1.10 bits per heavy atom. The number of fused-ring (bicyclic) bond motifs is 3. The van der Waals surface area contributed by atoms with Crippen molar-refractivity contribution < 1.29 is 4.79 Å². The second kappa shape index (κ2) is 8.11. The first-order valence-electron chi connectivity index (χ1n) is 10.3. The maximum atomic E-state index is 12.9. The average molecular weight is 463 g/mol. The van der Waals surface area contributed by atoms with Crippen molar-refractivity contribution >= 4 is 44.2 Å². The Hall–Kier alpha value is -2.86. The summed E-state index contributed by atoms with van der Waals surface area (Å²) in [6.07, 6.45) is 3.97. The molecule has 0 aliphatic carbocycles. The molecule has 0 radical (unpaired) electrons. The summed E-state index contributed by atoms with van der Waals surface area (Å²) < 4.78 is 3.21. The molecule has 152 valence electrons. The van der Waals surface area contributed by atoms with Gasteiger partial charge in [-0.25, -0.2) is 4.98 Å². The number of aromatic nitrogens is 2. The van der Waals surface area contributed by atoms with Crippen LogP contribution in [0.1, 0.15) is 18.4 Å². The lowest BCUT2D eigenvalue weighted by Crippen LogP contribution is -2.43. The van der Waals surface area contributed by atoms with E-state index < -0.39 is 0 Å². The van der Waals surface area contributed by atoms with E-state index in [-0.39, 0.29) is 11.8 Å². The number of anilines is 1. The molecular formula is C24H23BrN4O. The van der Waals surface area contributed by atoms with Crippen molar-refractivity contribution in [1.29, 1.82) is 0 Å². The summed E-state index contributed by atoms with van der Waals surface area (Å²) in [7, 11) is 0. The van der Waals surface area contributed by atoms with Gasteiger partial charge in [0.1, 0.15) is 0 Å². The van der Waals surface area contributed by atoms with Gasteiger partial charge in [0.2, 0.25) is 5.91 Å². The molecule has 5 rings (SSSR count). The van der Waals surface area contributed by atoms with E-state index in [1.54, 1.807) is 0 Å². The van der Waals surface area contributed by atoms with Crippen molar-refractivity contribution in [3.05, 3.63) is 76.9 Å². The number of hydrogen-bond acceptors (Lipinski definition) is 3. The number of carbonyl (C=O) groups excluding carboxylic acids is 1. The molecule has 1 fully saturated rings. The Balaban J connectivity index is 1.36. The fourth-order valence-corrected chi connectivity index (χ4v) is 4.75. The number of nitrogens with zero attached hydrogens (tertiary/aromatic N) is 3. The molecule has 1 aliphatic heterocycles. The summed E-state index contributed by atoms with van der Waals surface area (Å²) in [4.78, 5) is 20.1. The Morgan fingerprint density at radius 2 is 1.97 bits per heavy atom. The summed E-state index contributed by atoms with van der Waals surface area (Å²) in [6.45, 7) is 2.16. The minimum absolute atomic E-state index is 0.0332. The van der Waals surface area contributed by atoms with Crippen molar-refractivity contribution in [2.75, 3.05) is 18.0 Å². The third-order valence-electron chi connectivity index (χ3n) is 5.79. The highest BCUT2D eigenvalue weighted by molar-refractivity contribution is 9.10. The maximum Gasteiger partial charge on any atom is 0.225 e. The monoisotopic (exact) mass is 462 g/mol. The minimum Gasteiger partial charge on any atom is -0.354 e. The molecule has 0 bridgehead atoms. The fraction of sp³-hybridized carbons (Fsp3) is 0.250. The van der Waals surface area contributed by atoms with Crippen LogP contribution in [0.5, 0.6) is 0 Å². The number of amides is 1. The predicted octanol–water partition coefficient (Wildman–Crippen LogP) is 4.78. The lowest BCUT2D eigenvalue weighted by atomic mass is 9.97. The van der Waals surface area contributed by atoms with Crippen LogP contribution in [0.4, 0.5) is 5.82 Å². The molecule has 2 aromatic carbocycles. The van der Waals surface area contributed by atoms with Crippen molar-refractivity contribution in [2.45, 2.75) is 19.4 Å². The summed E-state index contributed by atoms with van der Waals surface area (Å²) in [5.41, 5.74) is 4.25. The van der Waals surface area contributed by atoms with Crippen LogP contribution in [0, 0.1) is 5.92 Å². The van der Waals surface area contributed by atoms with E-state index in [4.69, 9.17) is 4.98 Å². The summed E-state index contributed by atoms with van der Waals surface area (Å²) >= 11 is 3.48. The van der Waals surface area contributed by atoms with E-state index in [1.807, 2.05) is 42.5 Å². The van der Waals surface area contributed by atoms with Gasteiger partial charge in [-0.05, 0) is 54.8 Å². The molecule has 1 unspecified atom stereocenters. The normalized spacial score (nSPS) is 16.8. The Kier molecular flexibility index (Phi) is 5.17. The van der Waals surface area contributed by atoms with Gasteiger partial charge in [-0.1, -0.05) is 40.2 Å². The standard InChI is InChI=1S/C24H23BrN4O/c25-19-8-3-6-17(14-19)15-26-24(30)18-7-4-12-28(16-18)23-22-11-5-13-29(22)21-10-2-1-9-20(21)27-23/h1-3,5-6,8-11,13-14,18H,4,7,12,15-16H2,(H,26,30). The van der Waals surface area contributed by atoms with Gasteiger partial charge in [0.25, 0.3) is 0 Å². The third kappa shape index (κ3) is 3.67. The van der Waals surface area contributed by atoms with E-state index in [9.17, 15) is 4.79 Å². The molecule has 6 heteroatoms. The maximum absolute atomic E-state index is 12.9. The van der Waals surface area contributed by atoms with Crippen LogP contribution < -0.4 is 10.2 Å². The number of hydrogen-bond donors (Lipinski definition) is 1. The number of piperidine rings is 1. The van der Waals surface area contributed by atoms with E-state index in [1.165, 1.54) is 0 Å². The van der Waals surface area contributed by atoms with Crippen molar-refractivity contribution in [2.24, 2.45) is 5.92 Å². The van der Waals surface area contributed by atoms with Crippen molar-refractivity contribution in [3.63, 3.8) is 0 Å². The molecule has 4 aromatic rings. The quantitative estimate of drug-likeness (QED) is 0.474. The number of halogens is 1. The van der Waals surface area contributed by atoms with Crippen LogP contribution in [0.3, 0.4) is 0 Å². The topological polar surface area (TPSA) is 49.6 Å². The van der Waals surface area contributed by atoms with Crippen LogP contribution in [0.2, 0.25) is 0 Å². The molecule has 1 atom stereocenters. The molecule has 1 amide bonds. The highest BCUT2D eigenvalue weighted by atomic mass is 79.9. The lowest BCUT2D eigenvalue weighted by Gasteiger charge is -2.33. The van der Waals surface area contributed by atoms with Gasteiger partial charge < -0.3 is 14.6 Å². The molecule has 0 spiro atoms. The SMILES string of the molecule is O=C(NCc1cccc(Br)c1)C1CCCN(c2nc3ccccc3n3cccc23)C1. The zero-order valence-electron chi connectivity index (χ0n) is 16.6. The van der Waals surface area contributed by atoms with Gasteiger partial charge in [0.05, 0.1) is 22.5 Å². The molecule has 1 aliphatic rings. The first kappa shape index (κ1) is 19.1. The van der Waals surface area contributed by atoms with Gasteiger partial charge in [-0.2, -0.15) is 0 Å². The Bertz CT molecular complexity index is 1220. The first-order chi connectivity index (χ1) is 14.7. The fourth-order valence-electron chi connectivity index (χ4n) is 4.30. The van der Waals surface area contributed by atoms with Crippen LogP contribution in [0.25, 0.3) is 16.6 Å². The van der Waals surface area contributed by atoms with Gasteiger partial charge in [0, 0.05) is 30.3 Å². The number of carbonyl (C=O) groups is 1. The number of para-hydroxylation sites is 2. The molecule has 3 heterocycles. The summed E-state index contributed by atoms with van der Waals surface area (Å²) in [5.74, 6) is 1.05. The average Bonchev–Trinajstić information content (AvgIpc) is 3.27. The zero-order valence-corrected chi connectivity index (χ0v) is 18.2. The zero-order chi connectivity index (χ0) is 20.5. The molecular weight excluding hydrogens is 440 g/mol. The first-order valence-corrected chi connectivity index (χ1v) is 11.1. The summed E-state index contributed by atoms with van der Waals surface area (Å²) in [6, 6.07) is 20.4. The van der Waals surface area contributed by atoms with Crippen LogP contribution in [-0.2, 0) is 11.3 Å². The lowest BCUT2D eigenvalue weighted by molar-refractivity contribution is -0.125. The van der Waals surface area contributed by atoms with E-state index in [2.05, 4.69) is 54.9 Å². The highest BCUT2D eigenvalue weighted by Gasteiger charge is 2.27. The van der Waals surface area contributed by atoms with Crippen molar-refractivity contribution in [3.8, 4) is 0 Å². The van der Waals surface area contributed by atoms with E-state index in [0.29, 0.717) is 13.1 Å². The second-order valence-corrected chi connectivity index (χ2v) is 8.74. The van der Waals surface area contributed by atoms with Gasteiger partial charge >= 0.3 is 0 Å². The number of nitrogens with one attached hydrogen (secondary N) is 1. The van der Waals surface area contributed by atoms with Gasteiger partial charge in [-0.3, -0.25) is 4.79 Å². The van der Waals surface area contributed by atoms with Crippen LogP contribution >= 0.6 is 15.9 Å². The molecule has 30 heavy (non-hydrogen) atoms. The summed E-state index contributed by atoms with van der Waals surface area (Å²) in [5, 5.41) is 3.12.